The molecule has 3 saturated carbocycles. The molecule has 0 aromatic carbocycles. The lowest BCUT2D eigenvalue weighted by Gasteiger charge is -2.57. The smallest absolute Gasteiger partial charge is 0.158 e. The lowest BCUT2D eigenvalue weighted by molar-refractivity contribution is -0.154. The van der Waals surface area contributed by atoms with E-state index in [9.17, 15) is 0 Å². The summed E-state index contributed by atoms with van der Waals surface area (Å²) in [7, 11) is 0. The zero-order valence-corrected chi connectivity index (χ0v) is 19.1. The Labute approximate surface area is 190 Å². The number of aromatic nitrogens is 2. The van der Waals surface area contributed by atoms with Crippen molar-refractivity contribution in [2.75, 3.05) is 13.2 Å². The van der Waals surface area contributed by atoms with Gasteiger partial charge in [0.1, 0.15) is 23.6 Å². The largest absolute Gasteiger partial charge is 0.353 e. The normalized spacial score (nSPS) is 48.3. The monoisotopic (exact) mass is 438 g/mol. The summed E-state index contributed by atoms with van der Waals surface area (Å²) in [6.45, 7) is 3.80. The van der Waals surface area contributed by atoms with Crippen molar-refractivity contribution in [1.29, 1.82) is 0 Å². The summed E-state index contributed by atoms with van der Waals surface area (Å²) in [4.78, 5) is 0. The van der Waals surface area contributed by atoms with Crippen molar-refractivity contribution < 1.29 is 18.8 Å². The lowest BCUT2D eigenvalue weighted by atomic mass is 9.47. The molecule has 172 valence electrons. The maximum absolute atomic E-state index is 6.59. The van der Waals surface area contributed by atoms with E-state index in [-0.39, 0.29) is 17.5 Å². The van der Waals surface area contributed by atoms with Crippen molar-refractivity contribution in [3.05, 3.63) is 11.4 Å². The molecule has 32 heavy (non-hydrogen) atoms. The molecule has 6 aliphatic rings. The highest BCUT2D eigenvalue weighted by Crippen LogP contribution is 2.73. The number of hydrogen-bond donors (Lipinski definition) is 0. The van der Waals surface area contributed by atoms with Crippen molar-refractivity contribution in [2.24, 2.45) is 29.1 Å². The number of nitrogens with zero attached hydrogens (tertiary/aromatic N) is 2. The maximum atomic E-state index is 6.59. The Morgan fingerprint density at radius 2 is 1.94 bits per heavy atom. The van der Waals surface area contributed by atoms with Crippen LogP contribution in [0, 0.1) is 40.9 Å². The van der Waals surface area contributed by atoms with Gasteiger partial charge in [0.2, 0.25) is 0 Å². The van der Waals surface area contributed by atoms with Crippen molar-refractivity contribution in [2.45, 2.75) is 95.0 Å². The molecule has 8 atom stereocenters. The third kappa shape index (κ3) is 2.71. The fourth-order valence-electron chi connectivity index (χ4n) is 8.69. The van der Waals surface area contributed by atoms with Crippen LogP contribution in [0.1, 0.15) is 76.1 Å². The number of fused-ring (bicyclic) bond motifs is 5. The number of ether oxygens (including phenoxy) is 3. The average Bonchev–Trinajstić information content (AvgIpc) is 3.08. The predicted molar refractivity (Wildman–Crippen MR) is 115 cm³/mol. The van der Waals surface area contributed by atoms with Crippen LogP contribution in [0.4, 0.5) is 0 Å². The molecular formula is C26H34N2O4. The Morgan fingerprint density at radius 3 is 2.84 bits per heavy atom. The molecule has 6 heteroatoms. The summed E-state index contributed by atoms with van der Waals surface area (Å²) in [5, 5.41) is 8.44. The van der Waals surface area contributed by atoms with Crippen LogP contribution >= 0.6 is 0 Å². The molecule has 2 saturated heterocycles. The third-order valence-electron chi connectivity index (χ3n) is 10.3. The van der Waals surface area contributed by atoms with E-state index in [0.717, 1.165) is 68.4 Å². The van der Waals surface area contributed by atoms with Crippen LogP contribution in [-0.2, 0) is 27.1 Å². The zero-order valence-electron chi connectivity index (χ0n) is 19.1. The van der Waals surface area contributed by atoms with E-state index in [1.54, 1.807) is 0 Å². The molecular weight excluding hydrogens is 404 g/mol. The Morgan fingerprint density at radius 1 is 1.03 bits per heavy atom. The topological polar surface area (TPSA) is 69.9 Å². The van der Waals surface area contributed by atoms with E-state index in [4.69, 9.17) is 18.8 Å². The van der Waals surface area contributed by atoms with Gasteiger partial charge in [0.25, 0.3) is 0 Å². The van der Waals surface area contributed by atoms with Gasteiger partial charge in [0.05, 0.1) is 0 Å². The van der Waals surface area contributed by atoms with Crippen LogP contribution in [0.2, 0.25) is 0 Å². The summed E-state index contributed by atoms with van der Waals surface area (Å²) in [5.74, 6) is 9.74. The molecule has 3 heterocycles. The predicted octanol–water partition coefficient (Wildman–Crippen LogP) is 4.08. The Kier molecular flexibility index (Phi) is 4.40. The van der Waals surface area contributed by atoms with Gasteiger partial charge in [-0.05, 0) is 93.3 Å². The fraction of sp³-hybridized carbons (Fsp3) is 0.846. The van der Waals surface area contributed by atoms with E-state index in [2.05, 4.69) is 29.1 Å². The molecule has 1 aromatic heterocycles. The van der Waals surface area contributed by atoms with Crippen molar-refractivity contribution in [3.63, 3.8) is 0 Å². The Bertz CT molecular complexity index is 961. The molecule has 1 spiro atoms. The van der Waals surface area contributed by atoms with Crippen molar-refractivity contribution in [3.8, 4) is 11.8 Å². The fourth-order valence-corrected chi connectivity index (χ4v) is 8.69. The quantitative estimate of drug-likeness (QED) is 0.512. The van der Waals surface area contributed by atoms with Crippen LogP contribution in [0.15, 0.2) is 4.63 Å². The SMILES string of the molecule is CC12Cc3nonc3C[C@@H]1CCC1C2CCC23O[C@@]2(C#CCOC2CCCCO2)CCC13. The van der Waals surface area contributed by atoms with E-state index >= 15 is 0 Å². The van der Waals surface area contributed by atoms with E-state index in [0.29, 0.717) is 23.9 Å². The molecule has 6 nitrogen and oxygen atoms in total. The maximum Gasteiger partial charge on any atom is 0.158 e. The molecule has 2 aliphatic heterocycles. The van der Waals surface area contributed by atoms with Gasteiger partial charge in [0.15, 0.2) is 11.9 Å². The number of rotatable bonds is 2. The molecule has 0 bridgehead atoms. The van der Waals surface area contributed by atoms with Gasteiger partial charge in [-0.15, -0.1) is 0 Å². The molecule has 7 rings (SSSR count). The van der Waals surface area contributed by atoms with Gasteiger partial charge >= 0.3 is 0 Å². The second kappa shape index (κ2) is 7.04. The third-order valence-corrected chi connectivity index (χ3v) is 10.3. The summed E-state index contributed by atoms with van der Waals surface area (Å²) < 4.78 is 23.2. The minimum Gasteiger partial charge on any atom is -0.353 e. The van der Waals surface area contributed by atoms with E-state index in [1.165, 1.54) is 32.1 Å². The van der Waals surface area contributed by atoms with Gasteiger partial charge in [0, 0.05) is 13.0 Å². The second-order valence-corrected chi connectivity index (χ2v) is 11.5. The highest BCUT2D eigenvalue weighted by atomic mass is 16.7. The van der Waals surface area contributed by atoms with Gasteiger partial charge in [-0.2, -0.15) is 0 Å². The minimum absolute atomic E-state index is 0.0149. The first-order valence-corrected chi connectivity index (χ1v) is 12.9. The summed E-state index contributed by atoms with van der Waals surface area (Å²) in [6, 6.07) is 0. The molecule has 4 aliphatic carbocycles. The van der Waals surface area contributed by atoms with Crippen LogP contribution in [0.25, 0.3) is 0 Å². The summed E-state index contributed by atoms with van der Waals surface area (Å²) in [5.41, 5.74) is 2.35. The van der Waals surface area contributed by atoms with Crippen LogP contribution in [-0.4, -0.2) is 41.0 Å². The molecule has 5 fully saturated rings. The van der Waals surface area contributed by atoms with Crippen LogP contribution < -0.4 is 0 Å². The Hall–Kier alpha value is -1.42. The summed E-state index contributed by atoms with van der Waals surface area (Å²) in [6.07, 6.45) is 12.7. The van der Waals surface area contributed by atoms with Crippen LogP contribution in [0.5, 0.6) is 0 Å². The molecule has 0 amide bonds. The zero-order chi connectivity index (χ0) is 21.4. The van der Waals surface area contributed by atoms with Crippen molar-refractivity contribution in [1.82, 2.24) is 10.3 Å². The first kappa shape index (κ1) is 20.0. The van der Waals surface area contributed by atoms with Gasteiger partial charge in [-0.3, -0.25) is 0 Å². The number of hydrogen-bond acceptors (Lipinski definition) is 6. The molecule has 6 unspecified atom stereocenters. The average molecular weight is 439 g/mol. The van der Waals surface area contributed by atoms with Crippen LogP contribution in [0.3, 0.4) is 0 Å². The lowest BCUT2D eigenvalue weighted by Crippen LogP contribution is -2.54. The van der Waals surface area contributed by atoms with E-state index < -0.39 is 0 Å². The minimum atomic E-state index is -0.201. The highest BCUT2D eigenvalue weighted by molar-refractivity contribution is 5.39. The molecule has 0 radical (unpaired) electrons. The highest BCUT2D eigenvalue weighted by Gasteiger charge is 2.79. The molecule has 0 N–H and O–H groups in total. The van der Waals surface area contributed by atoms with E-state index in [1.807, 2.05) is 0 Å². The van der Waals surface area contributed by atoms with Gasteiger partial charge in [-0.1, -0.05) is 29.1 Å². The van der Waals surface area contributed by atoms with Crippen molar-refractivity contribution >= 4 is 0 Å². The van der Waals surface area contributed by atoms with Gasteiger partial charge < -0.3 is 14.2 Å². The van der Waals surface area contributed by atoms with Gasteiger partial charge in [-0.25, -0.2) is 4.63 Å². The Balaban J connectivity index is 1.07. The summed E-state index contributed by atoms with van der Waals surface area (Å²) >= 11 is 0. The first-order valence-electron chi connectivity index (χ1n) is 12.9. The first-order chi connectivity index (χ1) is 15.6. The molecule has 1 aromatic rings. The number of epoxide rings is 1. The standard InChI is InChI=1S/C26H34N2O4/c1-24-16-22-21(27-32-28-22)15-17(24)6-7-18-19(24)9-12-26-20(18)8-11-25(26,31-26)10-4-14-30-23-5-2-3-13-29-23/h17-20,23H,2-3,5-9,11-16H2,1H3/t17-,18?,19?,20?,23?,24?,25-,26?/m0/s1. The second-order valence-electron chi connectivity index (χ2n) is 11.5.